The fourth-order valence-electron chi connectivity index (χ4n) is 5.07. The van der Waals surface area contributed by atoms with Crippen molar-refractivity contribution in [3.63, 3.8) is 0 Å². The zero-order valence-corrected chi connectivity index (χ0v) is 24.7. The van der Waals surface area contributed by atoms with Gasteiger partial charge in [-0.25, -0.2) is 0 Å². The van der Waals surface area contributed by atoms with Crippen LogP contribution in [0.25, 0.3) is 0 Å². The summed E-state index contributed by atoms with van der Waals surface area (Å²) in [5, 5.41) is 2.99. The number of benzene rings is 4. The van der Waals surface area contributed by atoms with Gasteiger partial charge in [-0.3, -0.25) is 24.2 Å². The number of anilines is 1. The second-order valence-electron chi connectivity index (χ2n) is 10.8. The van der Waals surface area contributed by atoms with Gasteiger partial charge in [-0.1, -0.05) is 72.8 Å². The minimum Gasteiger partial charge on any atom is -0.457 e. The van der Waals surface area contributed by atoms with Crippen LogP contribution in [0.1, 0.15) is 27.9 Å². The summed E-state index contributed by atoms with van der Waals surface area (Å²) in [5.74, 6) is 0.807. The minimum absolute atomic E-state index is 0.0336. The van der Waals surface area contributed by atoms with Crippen LogP contribution in [-0.4, -0.2) is 66.8 Å². The molecule has 8 heteroatoms. The number of nitrogens with zero attached hydrogens (tertiary/aromatic N) is 2. The topological polar surface area (TPSA) is 88.2 Å². The molecule has 0 radical (unpaired) electrons. The van der Waals surface area contributed by atoms with E-state index in [0.717, 1.165) is 61.7 Å². The number of carbonyl (C=O) groups excluding carboxylic acids is 3. The molecule has 0 atom stereocenters. The molecule has 0 bridgehead atoms. The number of carbonyl (C=O) groups is 3. The third-order valence-corrected chi connectivity index (χ3v) is 7.40. The Hall–Kier alpha value is -4.79. The van der Waals surface area contributed by atoms with Gasteiger partial charge in [0.15, 0.2) is 12.4 Å². The van der Waals surface area contributed by atoms with Crippen molar-refractivity contribution >= 4 is 23.3 Å². The van der Waals surface area contributed by atoms with E-state index in [1.54, 1.807) is 24.3 Å². The highest BCUT2D eigenvalue weighted by Gasteiger charge is 2.18. The van der Waals surface area contributed by atoms with E-state index in [-0.39, 0.29) is 24.7 Å². The molecule has 5 rings (SSSR count). The van der Waals surface area contributed by atoms with Gasteiger partial charge in [-0.15, -0.1) is 0 Å². The highest BCUT2D eigenvalue weighted by atomic mass is 16.5. The lowest BCUT2D eigenvalue weighted by Gasteiger charge is -2.21. The Bertz CT molecular complexity index is 1510. The van der Waals surface area contributed by atoms with Crippen molar-refractivity contribution in [1.82, 2.24) is 9.80 Å². The summed E-state index contributed by atoms with van der Waals surface area (Å²) in [6.45, 7) is 4.37. The fourth-order valence-corrected chi connectivity index (χ4v) is 5.07. The molecule has 0 unspecified atom stereocenters. The molecule has 0 saturated carbocycles. The Kier molecular flexibility index (Phi) is 10.9. The number of Topliss-reactive ketones (excluding diaryl/α,β-unsaturated/α-hetero) is 1. The van der Waals surface area contributed by atoms with Crippen molar-refractivity contribution in [3.05, 3.63) is 126 Å². The molecule has 0 spiro atoms. The average Bonchev–Trinajstić information content (AvgIpc) is 3.27. The molecule has 1 heterocycles. The van der Waals surface area contributed by atoms with E-state index >= 15 is 0 Å². The first kappa shape index (κ1) is 30.7. The van der Waals surface area contributed by atoms with Gasteiger partial charge < -0.3 is 14.8 Å². The van der Waals surface area contributed by atoms with Crippen LogP contribution in [0.15, 0.2) is 109 Å². The lowest BCUT2D eigenvalue weighted by atomic mass is 10.1. The van der Waals surface area contributed by atoms with E-state index in [2.05, 4.69) is 15.1 Å². The standard InChI is InChI=1S/C36H37N3O5/c40-34(30-8-3-1-4-9-30)27-43-36(42)24-28-12-14-29(15-13-28)25-38-20-7-21-39(23-22-38)26-35(41)37-31-16-18-33(19-17-31)44-32-10-5-2-6-11-32/h1-6,8-19H,7,20-27H2,(H,37,41). The second kappa shape index (κ2) is 15.6. The number of amides is 1. The van der Waals surface area contributed by atoms with Crippen molar-refractivity contribution in [1.29, 1.82) is 0 Å². The number of esters is 1. The van der Waals surface area contributed by atoms with Crippen LogP contribution in [0.3, 0.4) is 0 Å². The van der Waals surface area contributed by atoms with Gasteiger partial charge in [-0.05, 0) is 67.0 Å². The molecule has 1 fully saturated rings. The predicted octanol–water partition coefficient (Wildman–Crippen LogP) is 5.59. The lowest BCUT2D eigenvalue weighted by molar-refractivity contribution is -0.141. The maximum Gasteiger partial charge on any atom is 0.310 e. The number of ketones is 1. The van der Waals surface area contributed by atoms with E-state index in [0.29, 0.717) is 17.9 Å². The maximum atomic E-state index is 12.7. The first-order chi connectivity index (χ1) is 21.5. The Labute approximate surface area is 258 Å². The van der Waals surface area contributed by atoms with E-state index < -0.39 is 5.97 Å². The molecule has 4 aromatic rings. The summed E-state index contributed by atoms with van der Waals surface area (Å²) >= 11 is 0. The predicted molar refractivity (Wildman–Crippen MR) is 170 cm³/mol. The molecule has 1 aliphatic heterocycles. The second-order valence-corrected chi connectivity index (χ2v) is 10.8. The monoisotopic (exact) mass is 591 g/mol. The molecular weight excluding hydrogens is 554 g/mol. The molecule has 8 nitrogen and oxygen atoms in total. The minimum atomic E-state index is -0.423. The van der Waals surface area contributed by atoms with E-state index in [4.69, 9.17) is 9.47 Å². The number of rotatable bonds is 12. The number of nitrogens with one attached hydrogen (secondary N) is 1. The summed E-state index contributed by atoms with van der Waals surface area (Å²) in [5.41, 5.74) is 3.27. The van der Waals surface area contributed by atoms with Crippen molar-refractivity contribution in [2.24, 2.45) is 0 Å². The van der Waals surface area contributed by atoms with Gasteiger partial charge in [0.05, 0.1) is 13.0 Å². The van der Waals surface area contributed by atoms with Crippen LogP contribution in [0.4, 0.5) is 5.69 Å². The molecule has 4 aromatic carbocycles. The molecule has 1 N–H and O–H groups in total. The molecule has 226 valence electrons. The normalized spacial score (nSPS) is 13.9. The Morgan fingerprint density at radius 2 is 1.27 bits per heavy atom. The number of para-hydroxylation sites is 1. The highest BCUT2D eigenvalue weighted by molar-refractivity contribution is 5.98. The molecular formula is C36H37N3O5. The molecule has 1 saturated heterocycles. The first-order valence-corrected chi connectivity index (χ1v) is 14.9. The Morgan fingerprint density at radius 1 is 0.659 bits per heavy atom. The van der Waals surface area contributed by atoms with Gasteiger partial charge in [0.1, 0.15) is 11.5 Å². The van der Waals surface area contributed by atoms with Gasteiger partial charge >= 0.3 is 5.97 Å². The highest BCUT2D eigenvalue weighted by Crippen LogP contribution is 2.22. The molecule has 0 aromatic heterocycles. The van der Waals surface area contributed by atoms with Gasteiger partial charge in [0, 0.05) is 30.9 Å². The van der Waals surface area contributed by atoms with Crippen molar-refractivity contribution in [2.45, 2.75) is 19.4 Å². The quantitative estimate of drug-likeness (QED) is 0.170. The smallest absolute Gasteiger partial charge is 0.310 e. The van der Waals surface area contributed by atoms with Crippen molar-refractivity contribution in [3.8, 4) is 11.5 Å². The van der Waals surface area contributed by atoms with Crippen LogP contribution in [0.5, 0.6) is 11.5 Å². The Morgan fingerprint density at radius 3 is 2.00 bits per heavy atom. The van der Waals surface area contributed by atoms with Crippen molar-refractivity contribution in [2.75, 3.05) is 44.6 Å². The van der Waals surface area contributed by atoms with E-state index in [1.165, 1.54) is 0 Å². The molecule has 44 heavy (non-hydrogen) atoms. The molecule has 1 aliphatic rings. The lowest BCUT2D eigenvalue weighted by Crippen LogP contribution is -2.36. The van der Waals surface area contributed by atoms with Crippen LogP contribution >= 0.6 is 0 Å². The number of hydrogen-bond donors (Lipinski definition) is 1. The third kappa shape index (κ3) is 9.62. The van der Waals surface area contributed by atoms with Crippen LogP contribution < -0.4 is 10.1 Å². The molecule has 0 aliphatic carbocycles. The van der Waals surface area contributed by atoms with Crippen LogP contribution in [-0.2, 0) is 27.3 Å². The first-order valence-electron chi connectivity index (χ1n) is 14.9. The zero-order chi connectivity index (χ0) is 30.6. The van der Waals surface area contributed by atoms with Gasteiger partial charge in [-0.2, -0.15) is 0 Å². The van der Waals surface area contributed by atoms with Crippen LogP contribution in [0.2, 0.25) is 0 Å². The van der Waals surface area contributed by atoms with Gasteiger partial charge in [0.25, 0.3) is 0 Å². The summed E-state index contributed by atoms with van der Waals surface area (Å²) < 4.78 is 11.0. The Balaban J connectivity index is 1.01. The van der Waals surface area contributed by atoms with Gasteiger partial charge in [0.2, 0.25) is 5.91 Å². The average molecular weight is 592 g/mol. The number of hydrogen-bond acceptors (Lipinski definition) is 7. The fraction of sp³-hybridized carbons (Fsp3) is 0.250. The van der Waals surface area contributed by atoms with Crippen molar-refractivity contribution < 1.29 is 23.9 Å². The van der Waals surface area contributed by atoms with E-state index in [9.17, 15) is 14.4 Å². The summed E-state index contributed by atoms with van der Waals surface area (Å²) in [6.07, 6.45) is 1.10. The summed E-state index contributed by atoms with van der Waals surface area (Å²) in [4.78, 5) is 41.7. The maximum absolute atomic E-state index is 12.7. The number of ether oxygens (including phenoxy) is 2. The largest absolute Gasteiger partial charge is 0.457 e. The van der Waals surface area contributed by atoms with E-state index in [1.807, 2.05) is 84.9 Å². The third-order valence-electron chi connectivity index (χ3n) is 7.40. The SMILES string of the molecule is O=C(CN1CCCN(Cc2ccc(CC(=O)OCC(=O)c3ccccc3)cc2)CC1)Nc1ccc(Oc2ccccc2)cc1. The summed E-state index contributed by atoms with van der Waals surface area (Å²) in [6, 6.07) is 33.7. The zero-order valence-electron chi connectivity index (χ0n) is 24.7. The molecule has 1 amide bonds. The summed E-state index contributed by atoms with van der Waals surface area (Å²) in [7, 11) is 0. The van der Waals surface area contributed by atoms with Crippen LogP contribution in [0, 0.1) is 0 Å².